The van der Waals surface area contributed by atoms with Gasteiger partial charge in [0.1, 0.15) is 11.0 Å². The fraction of sp³-hybridized carbons (Fsp3) is 0.185. The van der Waals surface area contributed by atoms with E-state index in [2.05, 4.69) is 10.3 Å². The van der Waals surface area contributed by atoms with Gasteiger partial charge in [-0.1, -0.05) is 78.0 Å². The van der Waals surface area contributed by atoms with Crippen molar-refractivity contribution in [2.75, 3.05) is 12.4 Å². The lowest BCUT2D eigenvalue weighted by Crippen LogP contribution is -2.25. The lowest BCUT2D eigenvalue weighted by Gasteiger charge is -2.23. The molecule has 0 unspecified atom stereocenters. The van der Waals surface area contributed by atoms with Crippen molar-refractivity contribution in [3.63, 3.8) is 0 Å². The molecule has 2 amide bonds. The van der Waals surface area contributed by atoms with Crippen molar-refractivity contribution in [2.45, 2.75) is 24.1 Å². The van der Waals surface area contributed by atoms with Crippen LogP contribution in [0.1, 0.15) is 30.0 Å². The Morgan fingerprint density at radius 1 is 1.11 bits per heavy atom. The first-order valence-corrected chi connectivity index (χ1v) is 12.7. The third-order valence-corrected chi connectivity index (χ3v) is 7.41. The van der Waals surface area contributed by atoms with Gasteiger partial charge >= 0.3 is 0 Å². The van der Waals surface area contributed by atoms with E-state index in [1.807, 2.05) is 54.6 Å². The highest BCUT2D eigenvalue weighted by molar-refractivity contribution is 8.15. The number of carbonyl (C=O) groups excluding carboxylic acids is 2. The second-order valence-electron chi connectivity index (χ2n) is 8.33. The van der Waals surface area contributed by atoms with Crippen molar-refractivity contribution >= 4 is 51.7 Å². The minimum Gasteiger partial charge on any atom is -0.497 e. The molecule has 2 aliphatic heterocycles. The highest BCUT2D eigenvalue weighted by Crippen LogP contribution is 2.39. The molecule has 0 fully saturated rings. The average molecular weight is 519 g/mol. The lowest BCUT2D eigenvalue weighted by atomic mass is 9.98. The Morgan fingerprint density at radius 2 is 1.89 bits per heavy atom. The molecular formula is C27H23ClN4O3S. The Morgan fingerprint density at radius 3 is 2.67 bits per heavy atom. The molecule has 2 heterocycles. The molecule has 2 atom stereocenters. The molecular weight excluding hydrogens is 496 g/mol. The molecule has 0 saturated heterocycles. The molecule has 9 heteroatoms. The summed E-state index contributed by atoms with van der Waals surface area (Å²) in [6, 6.07) is 24.6. The van der Waals surface area contributed by atoms with Crippen LogP contribution in [0.3, 0.4) is 0 Å². The Labute approximate surface area is 218 Å². The Balaban J connectivity index is 1.36. The van der Waals surface area contributed by atoms with Gasteiger partial charge in [0.25, 0.3) is 5.91 Å². The molecule has 2 aliphatic rings. The largest absolute Gasteiger partial charge is 0.497 e. The van der Waals surface area contributed by atoms with Crippen LogP contribution in [0, 0.1) is 0 Å². The van der Waals surface area contributed by atoms with E-state index in [0.717, 1.165) is 22.6 Å². The number of hydrogen-bond acceptors (Lipinski definition) is 6. The normalized spacial score (nSPS) is 19.2. The topological polar surface area (TPSA) is 83.4 Å². The zero-order valence-electron chi connectivity index (χ0n) is 19.4. The van der Waals surface area contributed by atoms with E-state index in [9.17, 15) is 9.59 Å². The maximum absolute atomic E-state index is 12.8. The number of nitrogens with one attached hydrogen (secondary N) is 1. The number of aliphatic imine (C=N–C) groups is 1. The molecule has 3 aromatic rings. The number of thioether (sulfide) groups is 1. The standard InChI is InChI=1S/C27H23ClN4O3S/c1-35-19-11-7-10-18(14-19)22-15-23(17-8-3-2-4-9-17)32(31-22)27-30-26(34)24(36-27)16-25(33)29-21-13-6-5-12-20(21)28/h2-14,23-24H,15-16H2,1H3,(H,29,33)/t23-,24-/m1/s1. The zero-order valence-corrected chi connectivity index (χ0v) is 21.0. The van der Waals surface area contributed by atoms with Crippen molar-refractivity contribution < 1.29 is 14.3 Å². The third-order valence-electron chi connectivity index (χ3n) is 5.94. The molecule has 0 aliphatic carbocycles. The fourth-order valence-electron chi connectivity index (χ4n) is 4.14. The van der Waals surface area contributed by atoms with Crippen LogP contribution in [0.15, 0.2) is 89.0 Å². The van der Waals surface area contributed by atoms with Crippen molar-refractivity contribution in [2.24, 2.45) is 10.1 Å². The molecule has 1 N–H and O–H groups in total. The molecule has 7 nitrogen and oxygen atoms in total. The summed E-state index contributed by atoms with van der Waals surface area (Å²) in [4.78, 5) is 29.7. The molecule has 0 spiro atoms. The number of methoxy groups -OCH3 is 1. The number of amides is 2. The highest BCUT2D eigenvalue weighted by Gasteiger charge is 2.39. The number of hydrogen-bond donors (Lipinski definition) is 1. The second kappa shape index (κ2) is 10.6. The van der Waals surface area contributed by atoms with Gasteiger partial charge in [-0.2, -0.15) is 10.1 Å². The maximum Gasteiger partial charge on any atom is 0.262 e. The van der Waals surface area contributed by atoms with Crippen LogP contribution in [0.4, 0.5) is 5.69 Å². The van der Waals surface area contributed by atoms with Gasteiger partial charge in [0.2, 0.25) is 5.91 Å². The van der Waals surface area contributed by atoms with E-state index >= 15 is 0 Å². The van der Waals surface area contributed by atoms with E-state index in [0.29, 0.717) is 22.3 Å². The molecule has 0 bridgehead atoms. The van der Waals surface area contributed by atoms with Crippen molar-refractivity contribution in [1.29, 1.82) is 0 Å². The Hall–Kier alpha value is -3.62. The minimum absolute atomic E-state index is 0.0159. The number of para-hydroxylation sites is 1. The summed E-state index contributed by atoms with van der Waals surface area (Å²) in [5.74, 6) is 0.102. The molecule has 0 radical (unpaired) electrons. The van der Waals surface area contributed by atoms with Gasteiger partial charge in [0.05, 0.1) is 29.6 Å². The van der Waals surface area contributed by atoms with Crippen molar-refractivity contribution in [1.82, 2.24) is 5.01 Å². The van der Waals surface area contributed by atoms with Gasteiger partial charge < -0.3 is 10.1 Å². The predicted octanol–water partition coefficient (Wildman–Crippen LogP) is 5.53. The number of amidine groups is 1. The first kappa shape index (κ1) is 24.1. The quantitative estimate of drug-likeness (QED) is 0.464. The van der Waals surface area contributed by atoms with E-state index < -0.39 is 5.25 Å². The van der Waals surface area contributed by atoms with Gasteiger partial charge in [0.15, 0.2) is 5.17 Å². The molecule has 0 saturated carbocycles. The highest BCUT2D eigenvalue weighted by atomic mass is 35.5. The summed E-state index contributed by atoms with van der Waals surface area (Å²) in [6.45, 7) is 0. The third kappa shape index (κ3) is 5.15. The molecule has 182 valence electrons. The second-order valence-corrected chi connectivity index (χ2v) is 9.90. The number of ether oxygens (including phenoxy) is 1. The number of rotatable bonds is 6. The van der Waals surface area contributed by atoms with Gasteiger partial charge in [0, 0.05) is 18.4 Å². The summed E-state index contributed by atoms with van der Waals surface area (Å²) in [5.41, 5.74) is 3.40. The summed E-state index contributed by atoms with van der Waals surface area (Å²) in [7, 11) is 1.63. The molecule has 3 aromatic carbocycles. The minimum atomic E-state index is -0.630. The summed E-state index contributed by atoms with van der Waals surface area (Å²) in [6.07, 6.45) is 0.626. The van der Waals surface area contributed by atoms with Crippen LogP contribution < -0.4 is 10.1 Å². The lowest BCUT2D eigenvalue weighted by molar-refractivity contribution is -0.121. The zero-order chi connectivity index (χ0) is 25.1. The number of benzene rings is 3. The van der Waals surface area contributed by atoms with Crippen LogP contribution >= 0.6 is 23.4 Å². The van der Waals surface area contributed by atoms with Crippen LogP contribution in [-0.2, 0) is 9.59 Å². The molecule has 5 rings (SSSR count). The van der Waals surface area contributed by atoms with Gasteiger partial charge in [-0.15, -0.1) is 0 Å². The summed E-state index contributed by atoms with van der Waals surface area (Å²) in [5, 5.41) is 9.75. The Kier molecular flexibility index (Phi) is 7.06. The van der Waals surface area contributed by atoms with Crippen LogP contribution in [0.25, 0.3) is 0 Å². The summed E-state index contributed by atoms with van der Waals surface area (Å²) >= 11 is 7.40. The molecule has 0 aromatic heterocycles. The van der Waals surface area contributed by atoms with E-state index in [-0.39, 0.29) is 24.3 Å². The fourth-order valence-corrected chi connectivity index (χ4v) is 5.38. The van der Waals surface area contributed by atoms with Crippen LogP contribution in [0.5, 0.6) is 5.75 Å². The Bertz CT molecular complexity index is 1360. The van der Waals surface area contributed by atoms with E-state index in [1.54, 1.807) is 36.4 Å². The predicted molar refractivity (Wildman–Crippen MR) is 144 cm³/mol. The van der Waals surface area contributed by atoms with E-state index in [4.69, 9.17) is 21.4 Å². The monoisotopic (exact) mass is 518 g/mol. The van der Waals surface area contributed by atoms with Crippen LogP contribution in [0.2, 0.25) is 5.02 Å². The van der Waals surface area contributed by atoms with E-state index in [1.165, 1.54) is 11.8 Å². The number of anilines is 1. The van der Waals surface area contributed by atoms with Gasteiger partial charge in [-0.05, 0) is 29.8 Å². The van der Waals surface area contributed by atoms with Crippen molar-refractivity contribution in [3.05, 3.63) is 95.0 Å². The SMILES string of the molecule is COc1cccc(C2=NN(C3=NC(=O)[C@@H](CC(=O)Nc4ccccc4Cl)S3)[C@@H](c3ccccc3)C2)c1. The number of hydrazone groups is 1. The number of nitrogens with zero attached hydrogens (tertiary/aromatic N) is 3. The van der Waals surface area contributed by atoms with Gasteiger partial charge in [-0.25, -0.2) is 5.01 Å². The number of halogens is 1. The van der Waals surface area contributed by atoms with Gasteiger partial charge in [-0.3, -0.25) is 9.59 Å². The molecule has 36 heavy (non-hydrogen) atoms. The first-order chi connectivity index (χ1) is 17.5. The smallest absolute Gasteiger partial charge is 0.262 e. The average Bonchev–Trinajstić information content (AvgIpc) is 3.50. The summed E-state index contributed by atoms with van der Waals surface area (Å²) < 4.78 is 5.38. The van der Waals surface area contributed by atoms with Crippen LogP contribution in [-0.4, -0.2) is 40.1 Å². The van der Waals surface area contributed by atoms with Crippen molar-refractivity contribution in [3.8, 4) is 5.75 Å². The number of carbonyl (C=O) groups is 2. The maximum atomic E-state index is 12.8. The first-order valence-electron chi connectivity index (χ1n) is 11.4.